The van der Waals surface area contributed by atoms with Gasteiger partial charge in [-0.25, -0.2) is 0 Å². The summed E-state index contributed by atoms with van der Waals surface area (Å²) in [6, 6.07) is 1.79. The molecule has 0 radical (unpaired) electrons. The number of halogens is 1. The smallest absolute Gasteiger partial charge is 0.162 e. The number of aromatic hydroxyl groups is 1. The molecule has 0 aliphatic carbocycles. The lowest BCUT2D eigenvalue weighted by molar-refractivity contribution is 0.370. The molecule has 0 bridgehead atoms. The Labute approximate surface area is 101 Å². The lowest BCUT2D eigenvalue weighted by Gasteiger charge is -2.14. The molecule has 0 amide bonds. The van der Waals surface area contributed by atoms with Gasteiger partial charge in [0.05, 0.1) is 12.1 Å². The molecule has 2 N–H and O–H groups in total. The van der Waals surface area contributed by atoms with Gasteiger partial charge in [-0.05, 0) is 38.1 Å². The van der Waals surface area contributed by atoms with Crippen LogP contribution in [0.15, 0.2) is 6.07 Å². The van der Waals surface area contributed by atoms with Crippen molar-refractivity contribution in [1.82, 2.24) is 5.32 Å². The van der Waals surface area contributed by atoms with E-state index in [0.29, 0.717) is 17.2 Å². The van der Waals surface area contributed by atoms with Gasteiger partial charge >= 0.3 is 0 Å². The van der Waals surface area contributed by atoms with Crippen LogP contribution in [-0.4, -0.2) is 25.8 Å². The summed E-state index contributed by atoms with van der Waals surface area (Å²) in [7, 11) is 3.41. The molecule has 0 heterocycles. The van der Waals surface area contributed by atoms with E-state index in [9.17, 15) is 5.11 Å². The van der Waals surface area contributed by atoms with Crippen molar-refractivity contribution in [2.75, 3.05) is 20.7 Å². The Morgan fingerprint density at radius 2 is 2.19 bits per heavy atom. The molecule has 0 spiro atoms. The summed E-state index contributed by atoms with van der Waals surface area (Å²) < 4.78 is 5.13. The number of phenols is 1. The normalized spacial score (nSPS) is 10.5. The molecular formula is C12H18ClNO2. The lowest BCUT2D eigenvalue weighted by atomic mass is 10.0. The summed E-state index contributed by atoms with van der Waals surface area (Å²) >= 11 is 6.24. The van der Waals surface area contributed by atoms with Crippen molar-refractivity contribution in [2.24, 2.45) is 0 Å². The van der Waals surface area contributed by atoms with E-state index < -0.39 is 0 Å². The Kier molecular flexibility index (Phi) is 4.90. The second-order valence-electron chi connectivity index (χ2n) is 3.59. The van der Waals surface area contributed by atoms with Crippen molar-refractivity contribution in [2.45, 2.75) is 19.8 Å². The number of hydrogen-bond acceptors (Lipinski definition) is 3. The maximum absolute atomic E-state index is 9.98. The van der Waals surface area contributed by atoms with Gasteiger partial charge in [-0.1, -0.05) is 18.5 Å². The average molecular weight is 244 g/mol. The Bertz CT molecular complexity index is 338. The number of nitrogens with one attached hydrogen (secondary N) is 1. The molecule has 1 aromatic rings. The van der Waals surface area contributed by atoms with Crippen LogP contribution in [0.5, 0.6) is 11.5 Å². The summed E-state index contributed by atoms with van der Waals surface area (Å²) in [6.07, 6.45) is 1.51. The van der Waals surface area contributed by atoms with Crippen LogP contribution in [0.1, 0.15) is 18.1 Å². The number of rotatable bonds is 5. The SMILES string of the molecule is CCc1cc(OC)c(O)c(CCNC)c1Cl. The minimum Gasteiger partial charge on any atom is -0.504 e. The summed E-state index contributed by atoms with van der Waals surface area (Å²) in [4.78, 5) is 0. The van der Waals surface area contributed by atoms with Crippen molar-refractivity contribution in [3.8, 4) is 11.5 Å². The summed E-state index contributed by atoms with van der Waals surface area (Å²) in [5.74, 6) is 0.646. The summed E-state index contributed by atoms with van der Waals surface area (Å²) in [5.41, 5.74) is 1.76. The van der Waals surface area contributed by atoms with E-state index in [2.05, 4.69) is 5.32 Å². The van der Waals surface area contributed by atoms with Gasteiger partial charge in [0.15, 0.2) is 11.5 Å². The molecule has 0 aliphatic rings. The van der Waals surface area contributed by atoms with Crippen molar-refractivity contribution in [3.63, 3.8) is 0 Å². The van der Waals surface area contributed by atoms with Crippen LogP contribution < -0.4 is 10.1 Å². The molecule has 0 aromatic heterocycles. The molecular weight excluding hydrogens is 226 g/mol. The van der Waals surface area contributed by atoms with Crippen LogP contribution >= 0.6 is 11.6 Å². The van der Waals surface area contributed by atoms with Gasteiger partial charge in [0.25, 0.3) is 0 Å². The zero-order chi connectivity index (χ0) is 12.1. The lowest BCUT2D eigenvalue weighted by Crippen LogP contribution is -2.11. The maximum Gasteiger partial charge on any atom is 0.162 e. The highest BCUT2D eigenvalue weighted by atomic mass is 35.5. The summed E-state index contributed by atoms with van der Waals surface area (Å²) in [5, 5.41) is 13.7. The molecule has 0 aliphatic heterocycles. The van der Waals surface area contributed by atoms with E-state index >= 15 is 0 Å². The van der Waals surface area contributed by atoms with Gasteiger partial charge in [-0.15, -0.1) is 0 Å². The van der Waals surface area contributed by atoms with Crippen LogP contribution in [-0.2, 0) is 12.8 Å². The van der Waals surface area contributed by atoms with Crippen molar-refractivity contribution >= 4 is 11.6 Å². The van der Waals surface area contributed by atoms with E-state index in [-0.39, 0.29) is 5.75 Å². The van der Waals surface area contributed by atoms with Crippen LogP contribution in [0.3, 0.4) is 0 Å². The van der Waals surface area contributed by atoms with E-state index in [0.717, 1.165) is 24.1 Å². The van der Waals surface area contributed by atoms with E-state index in [1.165, 1.54) is 0 Å². The maximum atomic E-state index is 9.98. The van der Waals surface area contributed by atoms with Gasteiger partial charge in [-0.2, -0.15) is 0 Å². The Morgan fingerprint density at radius 1 is 1.50 bits per heavy atom. The fourth-order valence-electron chi connectivity index (χ4n) is 1.63. The molecule has 0 atom stereocenters. The molecule has 0 unspecified atom stereocenters. The molecule has 3 nitrogen and oxygen atoms in total. The third-order valence-electron chi connectivity index (χ3n) is 2.60. The summed E-state index contributed by atoms with van der Waals surface area (Å²) in [6.45, 7) is 2.79. The molecule has 90 valence electrons. The fourth-order valence-corrected chi connectivity index (χ4v) is 2.00. The first-order valence-corrected chi connectivity index (χ1v) is 5.75. The van der Waals surface area contributed by atoms with E-state index in [1.807, 2.05) is 14.0 Å². The number of hydrogen-bond donors (Lipinski definition) is 2. The zero-order valence-electron chi connectivity index (χ0n) is 9.93. The van der Waals surface area contributed by atoms with Gasteiger partial charge in [-0.3, -0.25) is 0 Å². The number of ether oxygens (including phenoxy) is 1. The van der Waals surface area contributed by atoms with Crippen molar-refractivity contribution in [3.05, 3.63) is 22.2 Å². The highest BCUT2D eigenvalue weighted by Gasteiger charge is 2.15. The predicted octanol–water partition coefficient (Wildman–Crippen LogP) is 2.38. The molecule has 4 heteroatoms. The van der Waals surface area contributed by atoms with Gasteiger partial charge in [0.1, 0.15) is 0 Å². The van der Waals surface area contributed by atoms with E-state index in [4.69, 9.17) is 16.3 Å². The van der Waals surface area contributed by atoms with Crippen molar-refractivity contribution < 1.29 is 9.84 Å². The number of benzene rings is 1. The highest BCUT2D eigenvalue weighted by molar-refractivity contribution is 6.32. The Hall–Kier alpha value is -0.930. The van der Waals surface area contributed by atoms with Crippen molar-refractivity contribution in [1.29, 1.82) is 0 Å². The highest BCUT2D eigenvalue weighted by Crippen LogP contribution is 2.38. The first-order valence-electron chi connectivity index (χ1n) is 5.37. The van der Waals surface area contributed by atoms with Crippen LogP contribution in [0, 0.1) is 0 Å². The molecule has 0 saturated carbocycles. The third kappa shape index (κ3) is 2.60. The molecule has 0 saturated heterocycles. The molecule has 0 fully saturated rings. The number of aryl methyl sites for hydroxylation is 1. The number of phenolic OH excluding ortho intramolecular Hbond substituents is 1. The van der Waals surface area contributed by atoms with Crippen LogP contribution in [0.2, 0.25) is 5.02 Å². The van der Waals surface area contributed by atoms with E-state index in [1.54, 1.807) is 13.2 Å². The Balaban J connectivity index is 3.20. The number of likely N-dealkylation sites (N-methyl/N-ethyl adjacent to an activating group) is 1. The minimum absolute atomic E-state index is 0.153. The second kappa shape index (κ2) is 5.97. The van der Waals surface area contributed by atoms with Crippen LogP contribution in [0.25, 0.3) is 0 Å². The second-order valence-corrected chi connectivity index (χ2v) is 3.96. The largest absolute Gasteiger partial charge is 0.504 e. The predicted molar refractivity (Wildman–Crippen MR) is 66.7 cm³/mol. The monoisotopic (exact) mass is 243 g/mol. The standard InChI is InChI=1S/C12H18ClNO2/c1-4-8-7-10(16-3)12(15)9(11(8)13)5-6-14-2/h7,14-15H,4-6H2,1-3H3. The third-order valence-corrected chi connectivity index (χ3v) is 3.07. The molecule has 16 heavy (non-hydrogen) atoms. The van der Waals surface area contributed by atoms with Gasteiger partial charge in [0.2, 0.25) is 0 Å². The number of methoxy groups -OCH3 is 1. The minimum atomic E-state index is 0.153. The Morgan fingerprint density at radius 3 is 2.69 bits per heavy atom. The fraction of sp³-hybridized carbons (Fsp3) is 0.500. The van der Waals surface area contributed by atoms with Crippen LogP contribution in [0.4, 0.5) is 0 Å². The quantitative estimate of drug-likeness (QED) is 0.835. The molecule has 1 rings (SSSR count). The topological polar surface area (TPSA) is 41.5 Å². The molecule has 1 aromatic carbocycles. The average Bonchev–Trinajstić information content (AvgIpc) is 2.29. The first-order chi connectivity index (χ1) is 7.65. The van der Waals surface area contributed by atoms with Gasteiger partial charge in [0, 0.05) is 5.56 Å². The zero-order valence-corrected chi connectivity index (χ0v) is 10.7. The first kappa shape index (κ1) is 13.1. The van der Waals surface area contributed by atoms with Gasteiger partial charge < -0.3 is 15.2 Å².